The molecule has 0 amide bonds. The van der Waals surface area contributed by atoms with Crippen LogP contribution in [-0.4, -0.2) is 56.3 Å². The second-order valence-corrected chi connectivity index (χ2v) is 5.18. The second kappa shape index (κ2) is 5.34. The zero-order valence-electron chi connectivity index (χ0n) is 12.4. The summed E-state index contributed by atoms with van der Waals surface area (Å²) < 4.78 is 5.04. The van der Waals surface area contributed by atoms with Gasteiger partial charge in [-0.2, -0.15) is 0 Å². The molecule has 1 aromatic heterocycles. The van der Waals surface area contributed by atoms with Crippen LogP contribution in [0.5, 0.6) is 5.75 Å². The number of hydrogen-bond donors (Lipinski definition) is 5. The lowest BCUT2D eigenvalue weighted by Gasteiger charge is -2.38. The molecule has 0 bridgehead atoms. The van der Waals surface area contributed by atoms with E-state index < -0.39 is 17.7 Å². The highest BCUT2D eigenvalue weighted by atomic mass is 16.6. The van der Waals surface area contributed by atoms with E-state index in [0.29, 0.717) is 5.52 Å². The van der Waals surface area contributed by atoms with Crippen molar-refractivity contribution in [2.45, 2.75) is 18.6 Å². The van der Waals surface area contributed by atoms with Crippen molar-refractivity contribution in [1.29, 1.82) is 0 Å². The van der Waals surface area contributed by atoms with Crippen LogP contribution < -0.4 is 4.74 Å². The summed E-state index contributed by atoms with van der Waals surface area (Å²) in [6, 6.07) is 4.69. The third kappa shape index (κ3) is 2.47. The predicted octanol–water partition coefficient (Wildman–Crippen LogP) is -0.569. The zero-order valence-corrected chi connectivity index (χ0v) is 12.4. The van der Waals surface area contributed by atoms with Gasteiger partial charge in [-0.1, -0.05) is 6.07 Å². The predicted molar refractivity (Wildman–Crippen MR) is 76.6 cm³/mol. The summed E-state index contributed by atoms with van der Waals surface area (Å²) in [6.45, 7) is 1.21. The van der Waals surface area contributed by atoms with Gasteiger partial charge < -0.3 is 30.1 Å². The van der Waals surface area contributed by atoms with E-state index in [9.17, 15) is 25.2 Å². The number of rotatable bonds is 4. The molecular weight excluding hydrogens is 292 g/mol. The number of aromatic amines is 1. The number of nitrogens with zero attached hydrogens (tertiary/aromatic N) is 1. The van der Waals surface area contributed by atoms with E-state index in [-0.39, 0.29) is 16.7 Å². The SMILES string of the molecule is CC(=O)Oc1cccc2[nH]cc(C(O)(O)C(O)(O)N(C)C)c12. The van der Waals surface area contributed by atoms with Crippen LogP contribution in [-0.2, 0) is 10.6 Å². The summed E-state index contributed by atoms with van der Waals surface area (Å²) in [4.78, 5) is 14.8. The smallest absolute Gasteiger partial charge is 0.308 e. The minimum absolute atomic E-state index is 0.0725. The molecular formula is C14H18N2O6. The Morgan fingerprint density at radius 3 is 2.41 bits per heavy atom. The minimum Gasteiger partial charge on any atom is -0.426 e. The van der Waals surface area contributed by atoms with Crippen molar-refractivity contribution in [2.24, 2.45) is 0 Å². The van der Waals surface area contributed by atoms with Crippen LogP contribution in [0, 0.1) is 0 Å². The highest BCUT2D eigenvalue weighted by Crippen LogP contribution is 2.38. The molecule has 0 fully saturated rings. The molecule has 22 heavy (non-hydrogen) atoms. The first-order chi connectivity index (χ1) is 10.1. The summed E-state index contributed by atoms with van der Waals surface area (Å²) >= 11 is 0. The first-order valence-corrected chi connectivity index (χ1v) is 6.45. The van der Waals surface area contributed by atoms with Gasteiger partial charge in [0.25, 0.3) is 11.7 Å². The normalized spacial score (nSPS) is 12.9. The number of carbonyl (C=O) groups excluding carboxylic acids is 1. The van der Waals surface area contributed by atoms with Crippen molar-refractivity contribution in [3.05, 3.63) is 30.0 Å². The van der Waals surface area contributed by atoms with Crippen molar-refractivity contribution in [1.82, 2.24) is 9.88 Å². The second-order valence-electron chi connectivity index (χ2n) is 5.18. The lowest BCUT2D eigenvalue weighted by Crippen LogP contribution is -2.60. The number of esters is 1. The maximum Gasteiger partial charge on any atom is 0.308 e. The minimum atomic E-state index is -3.04. The number of ether oxygens (including phenoxy) is 1. The molecule has 0 spiro atoms. The lowest BCUT2D eigenvalue weighted by molar-refractivity contribution is -0.413. The van der Waals surface area contributed by atoms with Gasteiger partial charge in [0.1, 0.15) is 5.75 Å². The van der Waals surface area contributed by atoms with Gasteiger partial charge >= 0.3 is 5.97 Å². The molecule has 8 heteroatoms. The van der Waals surface area contributed by atoms with Crippen LogP contribution >= 0.6 is 0 Å². The average molecular weight is 310 g/mol. The number of H-pyrrole nitrogens is 1. The summed E-state index contributed by atoms with van der Waals surface area (Å²) in [5.41, 5.74) is 0.203. The molecule has 8 nitrogen and oxygen atoms in total. The van der Waals surface area contributed by atoms with Crippen LogP contribution in [0.2, 0.25) is 0 Å². The van der Waals surface area contributed by atoms with Gasteiger partial charge in [-0.25, -0.2) is 0 Å². The largest absolute Gasteiger partial charge is 0.426 e. The molecule has 0 aliphatic carbocycles. The number of carbonyl (C=O) groups is 1. The summed E-state index contributed by atoms with van der Waals surface area (Å²) in [7, 11) is 2.53. The molecule has 1 aromatic carbocycles. The molecule has 0 atom stereocenters. The Hall–Kier alpha value is -1.97. The Balaban J connectivity index is 2.68. The Morgan fingerprint density at radius 1 is 1.23 bits per heavy atom. The van der Waals surface area contributed by atoms with E-state index >= 15 is 0 Å². The van der Waals surface area contributed by atoms with Crippen LogP contribution in [0.15, 0.2) is 24.4 Å². The fourth-order valence-electron chi connectivity index (χ4n) is 2.16. The number of hydrogen-bond acceptors (Lipinski definition) is 7. The monoisotopic (exact) mass is 310 g/mol. The molecule has 0 aliphatic heterocycles. The Bertz CT molecular complexity index is 704. The Morgan fingerprint density at radius 2 is 1.86 bits per heavy atom. The molecule has 0 radical (unpaired) electrons. The number of aliphatic hydroxyl groups is 4. The van der Waals surface area contributed by atoms with Crippen molar-refractivity contribution < 1.29 is 30.0 Å². The van der Waals surface area contributed by atoms with E-state index in [2.05, 4.69) is 4.98 Å². The molecule has 0 saturated heterocycles. The maximum absolute atomic E-state index is 11.2. The summed E-state index contributed by atoms with van der Waals surface area (Å²) in [5, 5.41) is 40.7. The average Bonchev–Trinajstić information content (AvgIpc) is 2.83. The first-order valence-electron chi connectivity index (χ1n) is 6.45. The number of fused-ring (bicyclic) bond motifs is 1. The molecule has 0 unspecified atom stereocenters. The number of nitrogens with one attached hydrogen (secondary N) is 1. The highest BCUT2D eigenvalue weighted by molar-refractivity contribution is 5.91. The van der Waals surface area contributed by atoms with Crippen molar-refractivity contribution in [2.75, 3.05) is 14.1 Å². The first kappa shape index (κ1) is 16.4. The lowest BCUT2D eigenvalue weighted by atomic mass is 10.00. The third-order valence-electron chi connectivity index (χ3n) is 3.39. The topological polar surface area (TPSA) is 126 Å². The zero-order chi connectivity index (χ0) is 16.7. The number of aromatic nitrogens is 1. The third-order valence-corrected chi connectivity index (χ3v) is 3.39. The van der Waals surface area contributed by atoms with Gasteiger partial charge in [-0.3, -0.25) is 9.69 Å². The quantitative estimate of drug-likeness (QED) is 0.291. The number of likely N-dealkylation sites (N-methyl/N-ethyl adjacent to an activating group) is 1. The van der Waals surface area contributed by atoms with Crippen molar-refractivity contribution in [3.63, 3.8) is 0 Å². The van der Waals surface area contributed by atoms with E-state index in [4.69, 9.17) is 4.74 Å². The standard InChI is InChI=1S/C14H18N2O6/c1-8(17)22-11-6-4-5-10-12(11)9(7-15-10)13(18,19)14(20,21)16(2)3/h4-7,15,18-21H,1-3H3. The van der Waals surface area contributed by atoms with Gasteiger partial charge in [-0.15, -0.1) is 0 Å². The van der Waals surface area contributed by atoms with Gasteiger partial charge in [0.2, 0.25) is 0 Å². The summed E-state index contributed by atoms with van der Waals surface area (Å²) in [5.74, 6) is -6.52. The molecule has 1 heterocycles. The molecule has 0 saturated carbocycles. The van der Waals surface area contributed by atoms with Gasteiger partial charge in [0.05, 0.1) is 5.39 Å². The van der Waals surface area contributed by atoms with Crippen LogP contribution in [0.4, 0.5) is 0 Å². The maximum atomic E-state index is 11.2. The fourth-order valence-corrected chi connectivity index (χ4v) is 2.16. The van der Waals surface area contributed by atoms with Crippen molar-refractivity contribution in [3.8, 4) is 5.75 Å². The molecule has 0 aliphatic rings. The number of benzene rings is 1. The molecule has 2 aromatic rings. The fraction of sp³-hybridized carbons (Fsp3) is 0.357. The van der Waals surface area contributed by atoms with Gasteiger partial charge in [0.15, 0.2) is 0 Å². The summed E-state index contributed by atoms with van der Waals surface area (Å²) in [6.07, 6.45) is 1.21. The Labute approximate surface area is 126 Å². The molecule has 120 valence electrons. The van der Waals surface area contributed by atoms with Crippen LogP contribution in [0.1, 0.15) is 12.5 Å². The van der Waals surface area contributed by atoms with E-state index in [1.165, 1.54) is 33.3 Å². The molecule has 2 rings (SSSR count). The highest BCUT2D eigenvalue weighted by Gasteiger charge is 2.52. The Kier molecular flexibility index (Phi) is 3.98. The molecule has 5 N–H and O–H groups in total. The van der Waals surface area contributed by atoms with Crippen molar-refractivity contribution >= 4 is 16.9 Å². The van der Waals surface area contributed by atoms with E-state index in [1.807, 2.05) is 0 Å². The van der Waals surface area contributed by atoms with Gasteiger partial charge in [0, 0.05) is 24.2 Å². The van der Waals surface area contributed by atoms with Gasteiger partial charge in [-0.05, 0) is 26.2 Å². The van der Waals surface area contributed by atoms with Crippen LogP contribution in [0.3, 0.4) is 0 Å². The van der Waals surface area contributed by atoms with E-state index in [0.717, 1.165) is 4.90 Å². The van der Waals surface area contributed by atoms with Crippen LogP contribution in [0.25, 0.3) is 10.9 Å². The van der Waals surface area contributed by atoms with E-state index in [1.54, 1.807) is 12.1 Å².